The van der Waals surface area contributed by atoms with Gasteiger partial charge in [0.2, 0.25) is 15.9 Å². The van der Waals surface area contributed by atoms with Gasteiger partial charge in [0, 0.05) is 83.3 Å². The number of benzene rings is 2. The minimum Gasteiger partial charge on any atom is -0.360 e. The van der Waals surface area contributed by atoms with Crippen molar-refractivity contribution < 1.29 is 22.1 Å². The van der Waals surface area contributed by atoms with E-state index in [0.29, 0.717) is 45.3 Å². The van der Waals surface area contributed by atoms with Gasteiger partial charge in [0.1, 0.15) is 16.1 Å². The van der Waals surface area contributed by atoms with Gasteiger partial charge in [-0.1, -0.05) is 40.5 Å². The van der Waals surface area contributed by atoms with Crippen molar-refractivity contribution in [2.24, 2.45) is 17.8 Å². The van der Waals surface area contributed by atoms with E-state index in [9.17, 15) is 18.5 Å². The highest BCUT2D eigenvalue weighted by Crippen LogP contribution is 2.54. The summed E-state index contributed by atoms with van der Waals surface area (Å²) in [6, 6.07) is 10.9. The van der Waals surface area contributed by atoms with Crippen molar-refractivity contribution in [3.05, 3.63) is 74.6 Å². The third kappa shape index (κ3) is 5.25. The highest BCUT2D eigenvalue weighted by molar-refractivity contribution is 7.89. The topological polar surface area (TPSA) is 137 Å². The van der Waals surface area contributed by atoms with Crippen LogP contribution in [0.3, 0.4) is 0 Å². The largest absolute Gasteiger partial charge is 0.360 e. The number of fused-ring (bicyclic) bond motifs is 6. The molecular weight excluding hydrogens is 776 g/mol. The maximum absolute atomic E-state index is 17.3. The summed E-state index contributed by atoms with van der Waals surface area (Å²) in [6.07, 6.45) is 3.76. The van der Waals surface area contributed by atoms with Gasteiger partial charge in [-0.15, -0.1) is 0 Å². The molecule has 15 heteroatoms. The summed E-state index contributed by atoms with van der Waals surface area (Å²) in [7, 11) is -3.97. The van der Waals surface area contributed by atoms with Gasteiger partial charge in [-0.05, 0) is 82.6 Å². The fraction of sp³-hybridized carbons (Fsp3) is 0.463. The Morgan fingerprint density at radius 3 is 2.57 bits per heavy atom. The molecule has 11 rings (SSSR count). The van der Waals surface area contributed by atoms with E-state index in [0.717, 1.165) is 42.4 Å². The molecule has 1 N–H and O–H groups in total. The smallest absolute Gasteiger partial charge is 0.248 e. The second-order valence-corrected chi connectivity index (χ2v) is 19.0. The van der Waals surface area contributed by atoms with Crippen LogP contribution in [-0.2, 0) is 21.2 Å². The van der Waals surface area contributed by atoms with E-state index in [-0.39, 0.29) is 88.6 Å². The molecule has 1 amide bonds. The van der Waals surface area contributed by atoms with E-state index in [1.165, 1.54) is 4.31 Å². The van der Waals surface area contributed by atoms with Crippen LogP contribution >= 0.6 is 23.2 Å². The highest BCUT2D eigenvalue weighted by atomic mass is 35.5. The molecule has 290 valence electrons. The fourth-order valence-corrected chi connectivity index (χ4v) is 12.7. The molecule has 6 unspecified atom stereocenters. The summed E-state index contributed by atoms with van der Waals surface area (Å²) in [5.74, 6) is -0.168. The molecule has 6 fully saturated rings. The van der Waals surface area contributed by atoms with Gasteiger partial charge in [-0.25, -0.2) is 17.8 Å². The lowest BCUT2D eigenvalue weighted by Crippen LogP contribution is -2.47. The second kappa shape index (κ2) is 13.0. The molecule has 56 heavy (non-hydrogen) atoms. The molecule has 0 spiro atoms. The van der Waals surface area contributed by atoms with Gasteiger partial charge >= 0.3 is 0 Å². The number of nitrogens with one attached hydrogen (secondary N) is 1. The lowest BCUT2D eigenvalue weighted by molar-refractivity contribution is -0.135. The molecule has 0 radical (unpaired) electrons. The molecule has 4 aliphatic heterocycles. The van der Waals surface area contributed by atoms with Crippen molar-refractivity contribution in [2.45, 2.75) is 88.4 Å². The van der Waals surface area contributed by atoms with Crippen molar-refractivity contribution in [2.75, 3.05) is 19.6 Å². The van der Waals surface area contributed by atoms with Crippen LogP contribution in [0.25, 0.3) is 32.9 Å². The number of hydrogen-bond acceptors (Lipinski definition) is 8. The lowest BCUT2D eigenvalue weighted by atomic mass is 9.79. The van der Waals surface area contributed by atoms with Crippen molar-refractivity contribution in [3.63, 3.8) is 0 Å². The number of nitriles is 1. The maximum Gasteiger partial charge on any atom is 0.248 e. The molecule has 2 aliphatic carbocycles. The third-order valence-corrected chi connectivity index (χ3v) is 15.9. The second-order valence-electron chi connectivity index (χ2n) is 16.4. The molecule has 4 saturated heterocycles. The number of carbonyl (C=O) groups is 1. The quantitative estimate of drug-likeness (QED) is 0.169. The van der Waals surface area contributed by atoms with Gasteiger partial charge in [0.05, 0.1) is 33.7 Å². The van der Waals surface area contributed by atoms with Gasteiger partial charge in [0.25, 0.3) is 0 Å². The Balaban J connectivity index is 1.20. The first kappa shape index (κ1) is 36.3. The Labute approximate surface area is 333 Å². The molecular formula is C41H40Cl2FN7O4S. The van der Waals surface area contributed by atoms with Crippen molar-refractivity contribution in [1.29, 1.82) is 5.26 Å². The SMILES string of the molecule is Cc1noc(C)c1S(=O)(=O)N1CC2CC(C1)N(C(=O)C1CC1)C2c1cc2c(C)nc3c(F)c(-c4cccc(Cl)c4Cl)c(CCC#N)cc3c2n1C1C2CNC1C2. The Morgan fingerprint density at radius 1 is 1.09 bits per heavy atom. The van der Waals surface area contributed by atoms with Crippen LogP contribution in [0.5, 0.6) is 0 Å². The number of likely N-dealkylation sites (tertiary alicyclic amines) is 1. The molecule has 5 aromatic rings. The van der Waals surface area contributed by atoms with Crippen LogP contribution in [0.2, 0.25) is 10.0 Å². The predicted molar refractivity (Wildman–Crippen MR) is 209 cm³/mol. The van der Waals surface area contributed by atoms with Crippen molar-refractivity contribution in [1.82, 2.24) is 29.2 Å². The number of pyridine rings is 1. The van der Waals surface area contributed by atoms with Crippen molar-refractivity contribution in [3.8, 4) is 17.2 Å². The predicted octanol–water partition coefficient (Wildman–Crippen LogP) is 7.58. The first-order valence-corrected chi connectivity index (χ1v) is 21.5. The Bertz CT molecular complexity index is 2640. The zero-order valence-corrected chi connectivity index (χ0v) is 33.5. The number of carbonyl (C=O) groups excluding carboxylic acids is 1. The van der Waals surface area contributed by atoms with Crippen LogP contribution in [0.1, 0.15) is 72.6 Å². The van der Waals surface area contributed by atoms with Crippen LogP contribution in [0, 0.1) is 55.7 Å². The molecule has 4 bridgehead atoms. The summed E-state index contributed by atoms with van der Waals surface area (Å²) in [6.45, 7) is 6.39. The maximum atomic E-state index is 17.3. The van der Waals surface area contributed by atoms with Crippen LogP contribution < -0.4 is 5.32 Å². The third-order valence-electron chi connectivity index (χ3n) is 13.0. The Hall–Kier alpha value is -4.06. The van der Waals surface area contributed by atoms with E-state index in [1.807, 2.05) is 17.9 Å². The van der Waals surface area contributed by atoms with Gasteiger partial charge < -0.3 is 19.3 Å². The minimum absolute atomic E-state index is 0.0423. The van der Waals surface area contributed by atoms with E-state index in [2.05, 4.69) is 27.2 Å². The highest BCUT2D eigenvalue weighted by Gasteiger charge is 2.56. The number of halogens is 3. The number of nitrogens with zero attached hydrogens (tertiary/aromatic N) is 6. The first-order valence-electron chi connectivity index (χ1n) is 19.3. The normalized spacial score (nSPS) is 26.0. The van der Waals surface area contributed by atoms with Gasteiger partial charge in [0.15, 0.2) is 11.6 Å². The summed E-state index contributed by atoms with van der Waals surface area (Å²) in [5.41, 5.74) is 4.26. The molecule has 11 nitrogen and oxygen atoms in total. The van der Waals surface area contributed by atoms with E-state index in [1.54, 1.807) is 32.0 Å². The van der Waals surface area contributed by atoms with E-state index < -0.39 is 21.9 Å². The number of aryl methyl sites for hydroxylation is 4. The number of sulfonamides is 1. The standard InChI is InChI=1S/C41H40Cl2FN7O4S/c1-19-28-15-32(38-25-12-26(50(38)41(52)22-9-10-22)18-49(17-25)56(53,54)40-20(2)48-55-21(40)3)51(37-24-14-31(37)46-16-24)39(28)29-13-23(6-5-11-45)33(35(44)36(29)47-19)27-7-4-8-30(42)34(27)43/h4,7-8,13,15,22,24-26,31,37-38,46H,5-6,9-10,12,14,16-18H2,1-3H3. The van der Waals surface area contributed by atoms with E-state index in [4.69, 9.17) is 32.7 Å². The summed E-state index contributed by atoms with van der Waals surface area (Å²) >= 11 is 13.1. The number of hydrogen-bond donors (Lipinski definition) is 1. The van der Waals surface area contributed by atoms with Gasteiger partial charge in [-0.2, -0.15) is 9.57 Å². The average Bonchev–Trinajstić information content (AvgIpc) is 3.42. The Morgan fingerprint density at radius 2 is 1.89 bits per heavy atom. The summed E-state index contributed by atoms with van der Waals surface area (Å²) in [5, 5.41) is 19.3. The number of piperidine rings is 1. The molecule has 6 aliphatic rings. The zero-order valence-electron chi connectivity index (χ0n) is 31.2. The molecule has 6 atom stereocenters. The summed E-state index contributed by atoms with van der Waals surface area (Å²) in [4.78, 5) is 21.5. The minimum atomic E-state index is -3.97. The van der Waals surface area contributed by atoms with Crippen LogP contribution in [-0.4, -0.2) is 70.0 Å². The zero-order chi connectivity index (χ0) is 38.9. The molecule has 2 saturated carbocycles. The van der Waals surface area contributed by atoms with E-state index >= 15 is 4.39 Å². The lowest BCUT2D eigenvalue weighted by Gasteiger charge is -2.40. The molecule has 3 aromatic heterocycles. The first-order chi connectivity index (χ1) is 26.9. The number of amides is 1. The van der Waals surface area contributed by atoms with Crippen LogP contribution in [0.4, 0.5) is 4.39 Å². The monoisotopic (exact) mass is 815 g/mol. The van der Waals surface area contributed by atoms with Crippen LogP contribution in [0.15, 0.2) is 39.8 Å². The number of aromatic nitrogens is 3. The fourth-order valence-electron chi connectivity index (χ4n) is 10.4. The number of rotatable bonds is 8. The van der Waals surface area contributed by atoms with Crippen molar-refractivity contribution >= 4 is 60.9 Å². The van der Waals surface area contributed by atoms with Gasteiger partial charge in [-0.3, -0.25) is 4.79 Å². The Kier molecular flexibility index (Phi) is 8.41. The molecule has 2 aromatic carbocycles. The summed E-state index contributed by atoms with van der Waals surface area (Å²) < 4.78 is 55.0. The average molecular weight is 817 g/mol. The molecule has 7 heterocycles.